The van der Waals surface area contributed by atoms with Crippen molar-refractivity contribution < 1.29 is 0 Å². The van der Waals surface area contributed by atoms with E-state index in [2.05, 4.69) is 60.6 Å². The van der Waals surface area contributed by atoms with Crippen LogP contribution in [0.15, 0.2) is 36.5 Å². The molecule has 0 aliphatic rings. The predicted molar refractivity (Wildman–Crippen MR) is 78.8 cm³/mol. The third-order valence-corrected chi connectivity index (χ3v) is 3.48. The third kappa shape index (κ3) is 3.67. The van der Waals surface area contributed by atoms with E-state index in [1.807, 2.05) is 6.07 Å². The Morgan fingerprint density at radius 2 is 1.89 bits per heavy atom. The molecule has 2 N–H and O–H groups in total. The maximum atomic E-state index is 3.98. The van der Waals surface area contributed by atoms with Gasteiger partial charge in [0.15, 0.2) is 0 Å². The summed E-state index contributed by atoms with van der Waals surface area (Å²) in [6, 6.07) is 11.3. The van der Waals surface area contributed by atoms with Gasteiger partial charge in [-0.1, -0.05) is 45.0 Å². The topological polar surface area (TPSA) is 40.7 Å². The van der Waals surface area contributed by atoms with Crippen LogP contribution in [0, 0.1) is 5.92 Å². The first-order valence-electron chi connectivity index (χ1n) is 7.01. The second-order valence-corrected chi connectivity index (χ2v) is 5.28. The normalized spacial score (nSPS) is 12.8. The first-order chi connectivity index (χ1) is 9.20. The molecule has 1 aromatic carbocycles. The van der Waals surface area contributed by atoms with Gasteiger partial charge in [0.2, 0.25) is 0 Å². The zero-order valence-electron chi connectivity index (χ0n) is 12.0. The summed E-state index contributed by atoms with van der Waals surface area (Å²) in [4.78, 5) is 0. The molecule has 0 aliphatic heterocycles. The SMILES string of the molecule is CCc1ccc(C(NCc2ccn[nH]2)C(C)C)cc1. The molecule has 0 saturated heterocycles. The third-order valence-electron chi connectivity index (χ3n) is 3.48. The number of H-pyrrole nitrogens is 1. The summed E-state index contributed by atoms with van der Waals surface area (Å²) in [5.74, 6) is 0.551. The van der Waals surface area contributed by atoms with E-state index >= 15 is 0 Å². The zero-order valence-corrected chi connectivity index (χ0v) is 12.0. The Morgan fingerprint density at radius 3 is 2.42 bits per heavy atom. The summed E-state index contributed by atoms with van der Waals surface area (Å²) >= 11 is 0. The monoisotopic (exact) mass is 257 g/mol. The number of benzene rings is 1. The number of nitrogens with zero attached hydrogens (tertiary/aromatic N) is 1. The van der Waals surface area contributed by atoms with E-state index in [0.717, 1.165) is 18.7 Å². The molecule has 2 rings (SSSR count). The van der Waals surface area contributed by atoms with Gasteiger partial charge in [0, 0.05) is 24.5 Å². The van der Waals surface area contributed by atoms with Gasteiger partial charge >= 0.3 is 0 Å². The van der Waals surface area contributed by atoms with Gasteiger partial charge in [-0.25, -0.2) is 0 Å². The Hall–Kier alpha value is -1.61. The number of aromatic nitrogens is 2. The molecular weight excluding hydrogens is 234 g/mol. The fourth-order valence-corrected chi connectivity index (χ4v) is 2.30. The molecule has 3 heteroatoms. The summed E-state index contributed by atoms with van der Waals surface area (Å²) in [6.07, 6.45) is 2.88. The van der Waals surface area contributed by atoms with Gasteiger partial charge in [0.25, 0.3) is 0 Å². The van der Waals surface area contributed by atoms with Gasteiger partial charge in [0.05, 0.1) is 0 Å². The van der Waals surface area contributed by atoms with Crippen molar-refractivity contribution in [2.24, 2.45) is 5.92 Å². The molecule has 102 valence electrons. The van der Waals surface area contributed by atoms with Crippen LogP contribution in [0.4, 0.5) is 0 Å². The molecule has 0 fully saturated rings. The van der Waals surface area contributed by atoms with Crippen molar-refractivity contribution in [2.75, 3.05) is 0 Å². The molecule has 0 aliphatic carbocycles. The summed E-state index contributed by atoms with van der Waals surface area (Å²) in [7, 11) is 0. The molecule has 0 saturated carbocycles. The average molecular weight is 257 g/mol. The van der Waals surface area contributed by atoms with E-state index in [0.29, 0.717) is 12.0 Å². The maximum absolute atomic E-state index is 3.98. The van der Waals surface area contributed by atoms with Gasteiger partial charge in [-0.05, 0) is 29.5 Å². The van der Waals surface area contributed by atoms with Crippen molar-refractivity contribution in [2.45, 2.75) is 39.8 Å². The molecule has 1 aromatic heterocycles. The van der Waals surface area contributed by atoms with E-state index in [1.165, 1.54) is 11.1 Å². The van der Waals surface area contributed by atoms with Gasteiger partial charge in [0.1, 0.15) is 0 Å². The predicted octanol–water partition coefficient (Wildman–Crippen LogP) is 3.46. The van der Waals surface area contributed by atoms with Gasteiger partial charge in [-0.15, -0.1) is 0 Å². The van der Waals surface area contributed by atoms with Crippen LogP contribution in [0.25, 0.3) is 0 Å². The quantitative estimate of drug-likeness (QED) is 0.832. The largest absolute Gasteiger partial charge is 0.304 e. The number of aromatic amines is 1. The van der Waals surface area contributed by atoms with Crippen LogP contribution in [-0.2, 0) is 13.0 Å². The summed E-state index contributed by atoms with van der Waals surface area (Å²) in [5, 5.41) is 10.6. The lowest BCUT2D eigenvalue weighted by atomic mass is 9.95. The molecule has 1 atom stereocenters. The highest BCUT2D eigenvalue weighted by atomic mass is 15.1. The van der Waals surface area contributed by atoms with E-state index in [1.54, 1.807) is 6.20 Å². The molecule has 0 radical (unpaired) electrons. The lowest BCUT2D eigenvalue weighted by molar-refractivity contribution is 0.408. The van der Waals surface area contributed by atoms with E-state index < -0.39 is 0 Å². The fraction of sp³-hybridized carbons (Fsp3) is 0.438. The Bertz CT molecular complexity index is 471. The van der Waals surface area contributed by atoms with Crippen LogP contribution in [0.3, 0.4) is 0 Å². The lowest BCUT2D eigenvalue weighted by Gasteiger charge is -2.23. The highest BCUT2D eigenvalue weighted by Gasteiger charge is 2.15. The summed E-state index contributed by atoms with van der Waals surface area (Å²) < 4.78 is 0. The zero-order chi connectivity index (χ0) is 13.7. The molecule has 1 unspecified atom stereocenters. The molecule has 0 amide bonds. The van der Waals surface area contributed by atoms with E-state index in [4.69, 9.17) is 0 Å². The Labute approximate surface area is 115 Å². The summed E-state index contributed by atoms with van der Waals surface area (Å²) in [6.45, 7) is 7.50. The van der Waals surface area contributed by atoms with Crippen LogP contribution in [-0.4, -0.2) is 10.2 Å². The highest BCUT2D eigenvalue weighted by molar-refractivity contribution is 5.25. The van der Waals surface area contributed by atoms with E-state index in [-0.39, 0.29) is 0 Å². The number of hydrogen-bond donors (Lipinski definition) is 2. The van der Waals surface area contributed by atoms with Crippen molar-refractivity contribution in [1.82, 2.24) is 15.5 Å². The fourth-order valence-electron chi connectivity index (χ4n) is 2.30. The van der Waals surface area contributed by atoms with Gasteiger partial charge in [-0.2, -0.15) is 5.10 Å². The van der Waals surface area contributed by atoms with Gasteiger partial charge in [-0.3, -0.25) is 5.10 Å². The Balaban J connectivity index is 2.06. The minimum absolute atomic E-state index is 0.370. The standard InChI is InChI=1S/C16H23N3/c1-4-13-5-7-14(8-6-13)16(12(2)3)17-11-15-9-10-18-19-15/h5-10,12,16-17H,4,11H2,1-3H3,(H,18,19). The molecule has 3 nitrogen and oxygen atoms in total. The molecule has 19 heavy (non-hydrogen) atoms. The second kappa shape index (κ2) is 6.53. The Kier molecular flexibility index (Phi) is 4.74. The molecular formula is C16H23N3. The minimum Gasteiger partial charge on any atom is -0.304 e. The molecule has 2 aromatic rings. The average Bonchev–Trinajstić information content (AvgIpc) is 2.92. The van der Waals surface area contributed by atoms with Crippen LogP contribution in [0.1, 0.15) is 43.6 Å². The van der Waals surface area contributed by atoms with Gasteiger partial charge < -0.3 is 5.32 Å². The van der Waals surface area contributed by atoms with Crippen molar-refractivity contribution in [3.05, 3.63) is 53.3 Å². The molecule has 0 spiro atoms. The number of rotatable bonds is 6. The number of hydrogen-bond acceptors (Lipinski definition) is 2. The van der Waals surface area contributed by atoms with Crippen molar-refractivity contribution in [3.8, 4) is 0 Å². The molecule has 1 heterocycles. The van der Waals surface area contributed by atoms with Crippen LogP contribution < -0.4 is 5.32 Å². The maximum Gasteiger partial charge on any atom is 0.0490 e. The van der Waals surface area contributed by atoms with Crippen LogP contribution in [0.5, 0.6) is 0 Å². The second-order valence-electron chi connectivity index (χ2n) is 5.28. The van der Waals surface area contributed by atoms with Crippen LogP contribution >= 0.6 is 0 Å². The van der Waals surface area contributed by atoms with Crippen molar-refractivity contribution in [3.63, 3.8) is 0 Å². The number of nitrogens with one attached hydrogen (secondary N) is 2. The van der Waals surface area contributed by atoms with Crippen molar-refractivity contribution in [1.29, 1.82) is 0 Å². The van der Waals surface area contributed by atoms with E-state index in [9.17, 15) is 0 Å². The lowest BCUT2D eigenvalue weighted by Crippen LogP contribution is -2.25. The Morgan fingerprint density at radius 1 is 1.16 bits per heavy atom. The number of aryl methyl sites for hydroxylation is 1. The molecule has 0 bridgehead atoms. The minimum atomic E-state index is 0.370. The first-order valence-corrected chi connectivity index (χ1v) is 7.01. The highest BCUT2D eigenvalue weighted by Crippen LogP contribution is 2.22. The van der Waals surface area contributed by atoms with Crippen LogP contribution in [0.2, 0.25) is 0 Å². The van der Waals surface area contributed by atoms with Crippen molar-refractivity contribution >= 4 is 0 Å². The first kappa shape index (κ1) is 13.8. The summed E-state index contributed by atoms with van der Waals surface area (Å²) in [5.41, 5.74) is 3.86. The smallest absolute Gasteiger partial charge is 0.0490 e.